The van der Waals surface area contributed by atoms with Crippen LogP contribution in [-0.2, 0) is 17.7 Å². The van der Waals surface area contributed by atoms with Crippen molar-refractivity contribution < 1.29 is 14.3 Å². The van der Waals surface area contributed by atoms with Crippen LogP contribution in [0.3, 0.4) is 0 Å². The molecule has 1 saturated heterocycles. The fourth-order valence-corrected chi connectivity index (χ4v) is 3.47. The molecule has 2 N–H and O–H groups in total. The lowest BCUT2D eigenvalue weighted by molar-refractivity contribution is 0.0605. The molecule has 0 saturated carbocycles. The number of urea groups is 1. The highest BCUT2D eigenvalue weighted by Crippen LogP contribution is 2.17. The van der Waals surface area contributed by atoms with Crippen LogP contribution in [0.2, 0.25) is 5.02 Å². The SMILES string of the molecule is CCc1ccc(NC(=O)O[C@@H]2CCCN(C(=O)NCc3ccccc3Cl)C2)cc1. The summed E-state index contributed by atoms with van der Waals surface area (Å²) >= 11 is 6.13. The maximum atomic E-state index is 12.5. The van der Waals surface area contributed by atoms with E-state index < -0.39 is 6.09 Å². The van der Waals surface area contributed by atoms with Crippen molar-refractivity contribution in [1.82, 2.24) is 10.2 Å². The summed E-state index contributed by atoms with van der Waals surface area (Å²) in [5.74, 6) is 0. The molecule has 1 fully saturated rings. The third-order valence-corrected chi connectivity index (χ3v) is 5.30. The van der Waals surface area contributed by atoms with Gasteiger partial charge in [-0.2, -0.15) is 0 Å². The van der Waals surface area contributed by atoms with Crippen LogP contribution in [0.1, 0.15) is 30.9 Å². The van der Waals surface area contributed by atoms with Crippen molar-refractivity contribution in [1.29, 1.82) is 0 Å². The molecule has 0 radical (unpaired) electrons. The Morgan fingerprint density at radius 3 is 2.66 bits per heavy atom. The number of likely N-dealkylation sites (tertiary alicyclic amines) is 1. The number of hydrogen-bond donors (Lipinski definition) is 2. The number of rotatable bonds is 5. The minimum atomic E-state index is -0.502. The molecule has 29 heavy (non-hydrogen) atoms. The van der Waals surface area contributed by atoms with Crippen LogP contribution in [0.15, 0.2) is 48.5 Å². The van der Waals surface area contributed by atoms with Gasteiger partial charge in [-0.3, -0.25) is 5.32 Å². The maximum absolute atomic E-state index is 12.5. The first-order valence-corrected chi connectivity index (χ1v) is 10.3. The maximum Gasteiger partial charge on any atom is 0.411 e. The fraction of sp³-hybridized carbons (Fsp3) is 0.364. The fourth-order valence-electron chi connectivity index (χ4n) is 3.27. The minimum Gasteiger partial charge on any atom is -0.444 e. The first kappa shape index (κ1) is 21.0. The first-order valence-electron chi connectivity index (χ1n) is 9.88. The summed E-state index contributed by atoms with van der Waals surface area (Å²) in [4.78, 5) is 26.3. The van der Waals surface area contributed by atoms with Crippen molar-refractivity contribution in [2.75, 3.05) is 18.4 Å². The molecule has 0 unspecified atom stereocenters. The Balaban J connectivity index is 1.47. The van der Waals surface area contributed by atoms with Crippen LogP contribution in [-0.4, -0.2) is 36.2 Å². The number of anilines is 1. The van der Waals surface area contributed by atoms with E-state index in [0.717, 1.165) is 24.8 Å². The number of piperidine rings is 1. The van der Waals surface area contributed by atoms with Crippen LogP contribution in [0.4, 0.5) is 15.3 Å². The summed E-state index contributed by atoms with van der Waals surface area (Å²) in [5.41, 5.74) is 2.76. The Morgan fingerprint density at radius 1 is 1.17 bits per heavy atom. The quantitative estimate of drug-likeness (QED) is 0.735. The van der Waals surface area contributed by atoms with Gasteiger partial charge in [0.05, 0.1) is 6.54 Å². The van der Waals surface area contributed by atoms with E-state index in [1.165, 1.54) is 5.56 Å². The summed E-state index contributed by atoms with van der Waals surface area (Å²) in [6.45, 7) is 3.44. The summed E-state index contributed by atoms with van der Waals surface area (Å²) in [6, 6.07) is 14.9. The largest absolute Gasteiger partial charge is 0.444 e. The predicted molar refractivity (Wildman–Crippen MR) is 114 cm³/mol. The van der Waals surface area contributed by atoms with Gasteiger partial charge in [0.15, 0.2) is 0 Å². The topological polar surface area (TPSA) is 70.7 Å². The number of carbonyl (C=O) groups excluding carboxylic acids is 2. The molecule has 7 heteroatoms. The van der Waals surface area contributed by atoms with E-state index in [0.29, 0.717) is 30.3 Å². The normalized spacial score (nSPS) is 16.2. The third-order valence-electron chi connectivity index (χ3n) is 4.94. The average Bonchev–Trinajstić information content (AvgIpc) is 2.73. The molecule has 0 bridgehead atoms. The van der Waals surface area contributed by atoms with Crippen molar-refractivity contribution in [2.24, 2.45) is 0 Å². The number of amides is 3. The van der Waals surface area contributed by atoms with Gasteiger partial charge < -0.3 is 15.0 Å². The van der Waals surface area contributed by atoms with Gasteiger partial charge in [-0.1, -0.05) is 48.9 Å². The number of nitrogens with one attached hydrogen (secondary N) is 2. The Labute approximate surface area is 176 Å². The molecular weight excluding hydrogens is 390 g/mol. The zero-order valence-electron chi connectivity index (χ0n) is 16.5. The van der Waals surface area contributed by atoms with Crippen molar-refractivity contribution >= 4 is 29.4 Å². The van der Waals surface area contributed by atoms with Crippen LogP contribution in [0.25, 0.3) is 0 Å². The van der Waals surface area contributed by atoms with E-state index in [-0.39, 0.29) is 12.1 Å². The second-order valence-corrected chi connectivity index (χ2v) is 7.45. The standard InChI is InChI=1S/C22H26ClN3O3/c1-2-16-9-11-18(12-10-16)25-22(28)29-19-7-5-13-26(15-19)21(27)24-14-17-6-3-4-8-20(17)23/h3-4,6,8-12,19H,2,5,7,13-15H2,1H3,(H,24,27)(H,25,28)/t19-/m1/s1. The number of halogens is 1. The highest BCUT2D eigenvalue weighted by Gasteiger charge is 2.26. The number of nitrogens with zero attached hydrogens (tertiary/aromatic N) is 1. The summed E-state index contributed by atoms with van der Waals surface area (Å²) in [7, 11) is 0. The average molecular weight is 416 g/mol. The molecule has 1 aliphatic heterocycles. The number of carbonyl (C=O) groups is 2. The predicted octanol–water partition coefficient (Wildman–Crippen LogP) is 4.83. The summed E-state index contributed by atoms with van der Waals surface area (Å²) in [6.07, 6.45) is 1.63. The van der Waals surface area contributed by atoms with E-state index in [1.807, 2.05) is 42.5 Å². The Kier molecular flexibility index (Phi) is 7.36. The highest BCUT2D eigenvalue weighted by atomic mass is 35.5. The molecule has 0 aliphatic carbocycles. The van der Waals surface area contributed by atoms with Gasteiger partial charge in [-0.25, -0.2) is 9.59 Å². The van der Waals surface area contributed by atoms with E-state index in [2.05, 4.69) is 17.6 Å². The number of ether oxygens (including phenoxy) is 1. The molecule has 154 valence electrons. The van der Waals surface area contributed by atoms with Gasteiger partial charge in [0.25, 0.3) is 0 Å². The zero-order chi connectivity index (χ0) is 20.6. The van der Waals surface area contributed by atoms with E-state index in [9.17, 15) is 9.59 Å². The Bertz CT molecular complexity index is 841. The first-order chi connectivity index (χ1) is 14.0. The molecular formula is C22H26ClN3O3. The summed E-state index contributed by atoms with van der Waals surface area (Å²) in [5, 5.41) is 6.24. The van der Waals surface area contributed by atoms with Gasteiger partial charge in [-0.05, 0) is 48.6 Å². The lowest BCUT2D eigenvalue weighted by Crippen LogP contribution is -2.48. The molecule has 2 aromatic carbocycles. The van der Waals surface area contributed by atoms with Crippen molar-refractivity contribution in [3.8, 4) is 0 Å². The van der Waals surface area contributed by atoms with E-state index in [4.69, 9.17) is 16.3 Å². The second kappa shape index (κ2) is 10.2. The summed E-state index contributed by atoms with van der Waals surface area (Å²) < 4.78 is 5.52. The second-order valence-electron chi connectivity index (χ2n) is 7.04. The van der Waals surface area contributed by atoms with Crippen LogP contribution >= 0.6 is 11.6 Å². The van der Waals surface area contributed by atoms with Crippen LogP contribution < -0.4 is 10.6 Å². The Morgan fingerprint density at radius 2 is 1.93 bits per heavy atom. The molecule has 2 aromatic rings. The third kappa shape index (κ3) is 6.12. The van der Waals surface area contributed by atoms with Gasteiger partial charge in [-0.15, -0.1) is 0 Å². The number of hydrogen-bond acceptors (Lipinski definition) is 3. The highest BCUT2D eigenvalue weighted by molar-refractivity contribution is 6.31. The number of benzene rings is 2. The van der Waals surface area contributed by atoms with Crippen molar-refractivity contribution in [2.45, 2.75) is 38.8 Å². The lowest BCUT2D eigenvalue weighted by Gasteiger charge is -2.32. The van der Waals surface area contributed by atoms with Gasteiger partial charge in [0.2, 0.25) is 0 Å². The van der Waals surface area contributed by atoms with Crippen molar-refractivity contribution in [3.63, 3.8) is 0 Å². The molecule has 3 rings (SSSR count). The number of aryl methyl sites for hydroxylation is 1. The molecule has 1 atom stereocenters. The van der Waals surface area contributed by atoms with E-state index >= 15 is 0 Å². The lowest BCUT2D eigenvalue weighted by atomic mass is 10.1. The molecule has 1 heterocycles. The van der Waals surface area contributed by atoms with Gasteiger partial charge >= 0.3 is 12.1 Å². The van der Waals surface area contributed by atoms with E-state index in [1.54, 1.807) is 11.0 Å². The minimum absolute atomic E-state index is 0.186. The van der Waals surface area contributed by atoms with Gasteiger partial charge in [0.1, 0.15) is 6.10 Å². The van der Waals surface area contributed by atoms with Crippen LogP contribution in [0.5, 0.6) is 0 Å². The monoisotopic (exact) mass is 415 g/mol. The zero-order valence-corrected chi connectivity index (χ0v) is 17.2. The molecule has 6 nitrogen and oxygen atoms in total. The molecule has 1 aliphatic rings. The molecule has 0 aromatic heterocycles. The smallest absolute Gasteiger partial charge is 0.411 e. The molecule has 0 spiro atoms. The van der Waals surface area contributed by atoms with Crippen LogP contribution in [0, 0.1) is 0 Å². The Hall–Kier alpha value is -2.73. The molecule has 3 amide bonds. The van der Waals surface area contributed by atoms with Gasteiger partial charge in [0, 0.05) is 23.8 Å². The van der Waals surface area contributed by atoms with Crippen molar-refractivity contribution in [3.05, 3.63) is 64.7 Å².